The van der Waals surface area contributed by atoms with Crippen molar-refractivity contribution in [2.45, 2.75) is 24.5 Å². The Bertz CT molecular complexity index is 761. The molecule has 146 valence electrons. The number of nitrogens with zero attached hydrogens (tertiary/aromatic N) is 4. The topological polar surface area (TPSA) is 86.4 Å². The van der Waals surface area contributed by atoms with Gasteiger partial charge in [0.2, 0.25) is 11.1 Å². The first-order chi connectivity index (χ1) is 13.0. The van der Waals surface area contributed by atoms with Crippen LogP contribution in [0, 0.1) is 0 Å². The molecule has 2 heterocycles. The second-order valence-corrected chi connectivity index (χ2v) is 8.39. The van der Waals surface area contributed by atoms with Crippen molar-refractivity contribution in [3.63, 3.8) is 0 Å². The number of benzene rings is 1. The van der Waals surface area contributed by atoms with E-state index in [0.29, 0.717) is 16.7 Å². The van der Waals surface area contributed by atoms with E-state index in [1.807, 2.05) is 12.1 Å². The Labute approximate surface area is 167 Å². The van der Waals surface area contributed by atoms with Crippen LogP contribution >= 0.6 is 23.4 Å². The highest BCUT2D eigenvalue weighted by Gasteiger charge is 2.32. The zero-order valence-electron chi connectivity index (χ0n) is 15.4. The summed E-state index contributed by atoms with van der Waals surface area (Å²) in [5.74, 6) is 0.217. The Hall–Kier alpha value is -1.68. The molecule has 3 rings (SSSR count). The first kappa shape index (κ1) is 20.1. The average molecular weight is 412 g/mol. The molecule has 1 aromatic carbocycles. The SMILES string of the molecule is CC(C)(CNC(=O)CSc1nnnn1-c1ccc(Cl)cc1)[NH+]1CCOCC1. The molecule has 2 N–H and O–H groups in total. The van der Waals surface area contributed by atoms with Gasteiger partial charge in [0.05, 0.1) is 31.2 Å². The molecule has 10 heteroatoms. The van der Waals surface area contributed by atoms with Gasteiger partial charge in [0.25, 0.3) is 0 Å². The van der Waals surface area contributed by atoms with E-state index in [-0.39, 0.29) is 17.2 Å². The van der Waals surface area contributed by atoms with Crippen molar-refractivity contribution in [1.82, 2.24) is 25.5 Å². The van der Waals surface area contributed by atoms with Gasteiger partial charge in [0.1, 0.15) is 18.6 Å². The molecule has 1 saturated heterocycles. The molecule has 0 bridgehead atoms. The lowest BCUT2D eigenvalue weighted by Gasteiger charge is -2.37. The largest absolute Gasteiger partial charge is 0.370 e. The molecule has 8 nitrogen and oxygen atoms in total. The number of nitrogens with one attached hydrogen (secondary N) is 2. The number of tetrazole rings is 1. The van der Waals surface area contributed by atoms with Crippen LogP contribution in [0.5, 0.6) is 0 Å². The maximum atomic E-state index is 12.3. The van der Waals surface area contributed by atoms with E-state index >= 15 is 0 Å². The third-order valence-corrected chi connectivity index (χ3v) is 5.80. The number of carbonyl (C=O) groups excluding carboxylic acids is 1. The van der Waals surface area contributed by atoms with Gasteiger partial charge >= 0.3 is 0 Å². The third-order valence-electron chi connectivity index (χ3n) is 4.63. The van der Waals surface area contributed by atoms with Crippen LogP contribution in [0.15, 0.2) is 29.4 Å². The first-order valence-electron chi connectivity index (χ1n) is 8.82. The summed E-state index contributed by atoms with van der Waals surface area (Å²) in [7, 11) is 0. The van der Waals surface area contributed by atoms with E-state index in [1.54, 1.807) is 16.8 Å². The van der Waals surface area contributed by atoms with Gasteiger partial charge in [-0.2, -0.15) is 4.68 Å². The van der Waals surface area contributed by atoms with E-state index in [4.69, 9.17) is 16.3 Å². The van der Waals surface area contributed by atoms with Gasteiger partial charge in [0.15, 0.2) is 0 Å². The summed E-state index contributed by atoms with van der Waals surface area (Å²) >= 11 is 7.22. The van der Waals surface area contributed by atoms with Crippen LogP contribution in [0.2, 0.25) is 5.02 Å². The highest BCUT2D eigenvalue weighted by molar-refractivity contribution is 7.99. The number of amides is 1. The number of hydrogen-bond acceptors (Lipinski definition) is 6. The lowest BCUT2D eigenvalue weighted by molar-refractivity contribution is -0.954. The average Bonchev–Trinajstić information content (AvgIpc) is 3.15. The third kappa shape index (κ3) is 5.41. The number of morpholine rings is 1. The zero-order valence-corrected chi connectivity index (χ0v) is 17.0. The van der Waals surface area contributed by atoms with Gasteiger partial charge in [-0.3, -0.25) is 4.79 Å². The number of aromatic nitrogens is 4. The van der Waals surface area contributed by atoms with Crippen molar-refractivity contribution >= 4 is 29.3 Å². The number of carbonyl (C=O) groups is 1. The molecule has 0 saturated carbocycles. The summed E-state index contributed by atoms with van der Waals surface area (Å²) in [6, 6.07) is 7.21. The van der Waals surface area contributed by atoms with Crippen LogP contribution in [0.3, 0.4) is 0 Å². The second-order valence-electron chi connectivity index (χ2n) is 7.01. The van der Waals surface area contributed by atoms with Gasteiger partial charge in [-0.15, -0.1) is 5.10 Å². The summed E-state index contributed by atoms with van der Waals surface area (Å²) < 4.78 is 7.01. The Morgan fingerprint density at radius 1 is 1.33 bits per heavy atom. The number of thioether (sulfide) groups is 1. The van der Waals surface area contributed by atoms with Crippen LogP contribution in [0.25, 0.3) is 5.69 Å². The highest BCUT2D eigenvalue weighted by Crippen LogP contribution is 2.19. The molecule has 2 aromatic rings. The fourth-order valence-corrected chi connectivity index (χ4v) is 3.78. The summed E-state index contributed by atoms with van der Waals surface area (Å²) in [5.41, 5.74) is 0.763. The smallest absolute Gasteiger partial charge is 0.230 e. The Balaban J connectivity index is 1.51. The quantitative estimate of drug-likeness (QED) is 0.634. The first-order valence-corrected chi connectivity index (χ1v) is 10.2. The molecule has 0 radical (unpaired) electrons. The minimum absolute atomic E-state index is 0.0327. The van der Waals surface area contributed by atoms with Gasteiger partial charge in [0, 0.05) is 5.02 Å². The van der Waals surface area contributed by atoms with Gasteiger partial charge in [-0.25, -0.2) is 0 Å². The van der Waals surface area contributed by atoms with E-state index in [1.165, 1.54) is 16.7 Å². The van der Waals surface area contributed by atoms with Crippen LogP contribution in [-0.2, 0) is 9.53 Å². The normalized spacial score (nSPS) is 15.7. The predicted octanol–water partition coefficient (Wildman–Crippen LogP) is 0.218. The van der Waals surface area contributed by atoms with Crippen LogP contribution < -0.4 is 10.2 Å². The number of quaternary nitrogens is 1. The Morgan fingerprint density at radius 3 is 2.74 bits per heavy atom. The molecule has 1 aliphatic rings. The molecule has 1 amide bonds. The van der Waals surface area contributed by atoms with Crippen molar-refractivity contribution in [3.8, 4) is 5.69 Å². The molecule has 1 aromatic heterocycles. The van der Waals surface area contributed by atoms with Crippen molar-refractivity contribution < 1.29 is 14.4 Å². The maximum absolute atomic E-state index is 12.3. The van der Waals surface area contributed by atoms with E-state index in [9.17, 15) is 4.79 Å². The maximum Gasteiger partial charge on any atom is 0.230 e. The van der Waals surface area contributed by atoms with Crippen molar-refractivity contribution in [3.05, 3.63) is 29.3 Å². The zero-order chi connectivity index (χ0) is 19.3. The molecule has 27 heavy (non-hydrogen) atoms. The molecular weight excluding hydrogens is 388 g/mol. The van der Waals surface area contributed by atoms with Crippen LogP contribution in [-0.4, -0.2) is 70.3 Å². The molecule has 0 atom stereocenters. The molecule has 0 aliphatic carbocycles. The van der Waals surface area contributed by atoms with Crippen molar-refractivity contribution in [2.24, 2.45) is 0 Å². The highest BCUT2D eigenvalue weighted by atomic mass is 35.5. The number of ether oxygens (including phenoxy) is 1. The molecule has 1 aliphatic heterocycles. The van der Waals surface area contributed by atoms with Gasteiger partial charge in [-0.05, 0) is 48.5 Å². The lowest BCUT2D eigenvalue weighted by atomic mass is 10.0. The van der Waals surface area contributed by atoms with E-state index in [0.717, 1.165) is 32.0 Å². The minimum atomic E-state index is -0.0357. The van der Waals surface area contributed by atoms with Gasteiger partial charge in [-0.1, -0.05) is 23.4 Å². The minimum Gasteiger partial charge on any atom is -0.370 e. The molecular formula is C17H24ClN6O2S+. The standard InChI is InChI=1S/C17H23ClN6O2S/c1-17(2,23-7-9-26-10-8-23)12-19-15(25)11-27-16-20-21-22-24(16)14-5-3-13(18)4-6-14/h3-6H,7-12H2,1-2H3,(H,19,25)/p+1. The van der Waals surface area contributed by atoms with E-state index < -0.39 is 0 Å². The Morgan fingerprint density at radius 2 is 2.04 bits per heavy atom. The summed E-state index contributed by atoms with van der Waals surface area (Å²) in [6.45, 7) is 8.43. The monoisotopic (exact) mass is 411 g/mol. The fourth-order valence-electron chi connectivity index (χ4n) is 2.93. The number of rotatable bonds is 7. The molecule has 1 fully saturated rings. The number of halogens is 1. The van der Waals surface area contributed by atoms with Crippen LogP contribution in [0.4, 0.5) is 0 Å². The van der Waals surface area contributed by atoms with Crippen LogP contribution in [0.1, 0.15) is 13.8 Å². The fraction of sp³-hybridized carbons (Fsp3) is 0.529. The Kier molecular flexibility index (Phi) is 6.69. The second kappa shape index (κ2) is 9.01. The molecule has 0 spiro atoms. The summed E-state index contributed by atoms with van der Waals surface area (Å²) in [6.07, 6.45) is 0. The summed E-state index contributed by atoms with van der Waals surface area (Å²) in [5, 5.41) is 15.9. The molecule has 0 unspecified atom stereocenters. The van der Waals surface area contributed by atoms with Crippen molar-refractivity contribution in [2.75, 3.05) is 38.6 Å². The number of hydrogen-bond donors (Lipinski definition) is 2. The summed E-state index contributed by atoms with van der Waals surface area (Å²) in [4.78, 5) is 13.8. The lowest BCUT2D eigenvalue weighted by Crippen LogP contribution is -3.22. The van der Waals surface area contributed by atoms with Gasteiger partial charge < -0.3 is 15.0 Å². The van der Waals surface area contributed by atoms with Crippen molar-refractivity contribution in [1.29, 1.82) is 0 Å². The van der Waals surface area contributed by atoms with E-state index in [2.05, 4.69) is 34.7 Å². The predicted molar refractivity (Wildman–Crippen MR) is 103 cm³/mol.